The fourth-order valence-electron chi connectivity index (χ4n) is 3.76. The van der Waals surface area contributed by atoms with Crippen molar-refractivity contribution in [3.8, 4) is 0 Å². The van der Waals surface area contributed by atoms with E-state index in [1.807, 2.05) is 24.8 Å². The zero-order valence-corrected chi connectivity index (χ0v) is 17.0. The summed E-state index contributed by atoms with van der Waals surface area (Å²) in [6, 6.07) is 6.71. The van der Waals surface area contributed by atoms with Gasteiger partial charge >= 0.3 is 0 Å². The number of halogens is 1. The fourth-order valence-corrected chi connectivity index (χ4v) is 3.76. The molecule has 0 spiro atoms. The van der Waals surface area contributed by atoms with Crippen LogP contribution in [0.5, 0.6) is 0 Å². The first kappa shape index (κ1) is 20.2. The molecular weight excluding hydrogens is 355 g/mol. The molecule has 1 saturated heterocycles. The highest BCUT2D eigenvalue weighted by atomic mass is 19.1. The van der Waals surface area contributed by atoms with Crippen LogP contribution in [0, 0.1) is 12.7 Å². The van der Waals surface area contributed by atoms with E-state index in [4.69, 9.17) is 4.98 Å². The molecule has 0 unspecified atom stereocenters. The Morgan fingerprint density at radius 2 is 1.89 bits per heavy atom. The normalized spacial score (nSPS) is 14.4. The summed E-state index contributed by atoms with van der Waals surface area (Å²) in [5.74, 6) is 1.68. The van der Waals surface area contributed by atoms with E-state index in [0.29, 0.717) is 25.9 Å². The molecule has 3 rings (SSSR count). The third kappa shape index (κ3) is 4.66. The maximum absolute atomic E-state index is 13.7. The number of carbonyl (C=O) groups is 1. The fraction of sp³-hybridized carbons (Fsp3) is 0.500. The molecule has 0 bridgehead atoms. The molecule has 0 aliphatic carbocycles. The number of piperazine rings is 1. The van der Waals surface area contributed by atoms with E-state index in [-0.39, 0.29) is 11.7 Å². The molecule has 6 heteroatoms. The summed E-state index contributed by atoms with van der Waals surface area (Å²) in [7, 11) is 0. The number of aryl methyl sites for hydroxylation is 2. The van der Waals surface area contributed by atoms with Gasteiger partial charge in [0, 0.05) is 50.3 Å². The highest BCUT2D eigenvalue weighted by Gasteiger charge is 2.24. The second kappa shape index (κ2) is 9.13. The number of nitrogens with zero attached hydrogens (tertiary/aromatic N) is 4. The van der Waals surface area contributed by atoms with Crippen LogP contribution in [0.3, 0.4) is 0 Å². The van der Waals surface area contributed by atoms with Gasteiger partial charge in [-0.1, -0.05) is 26.0 Å². The minimum absolute atomic E-state index is 0.229. The number of amides is 1. The Hall–Kier alpha value is -2.50. The molecule has 1 fully saturated rings. The van der Waals surface area contributed by atoms with E-state index in [1.165, 1.54) is 6.07 Å². The van der Waals surface area contributed by atoms with E-state index in [9.17, 15) is 9.18 Å². The molecule has 1 aliphatic rings. The predicted octanol–water partition coefficient (Wildman–Crippen LogP) is 3.53. The second-order valence-electron chi connectivity index (χ2n) is 7.30. The van der Waals surface area contributed by atoms with Crippen molar-refractivity contribution in [2.75, 3.05) is 31.1 Å². The number of rotatable bonds is 6. The summed E-state index contributed by atoms with van der Waals surface area (Å²) < 4.78 is 13.7. The van der Waals surface area contributed by atoms with Crippen LogP contribution in [0.1, 0.15) is 49.3 Å². The van der Waals surface area contributed by atoms with Gasteiger partial charge in [-0.15, -0.1) is 0 Å². The van der Waals surface area contributed by atoms with Crippen LogP contribution < -0.4 is 4.90 Å². The first-order valence-corrected chi connectivity index (χ1v) is 10.1. The molecule has 28 heavy (non-hydrogen) atoms. The monoisotopic (exact) mass is 384 g/mol. The Balaban J connectivity index is 1.86. The molecule has 1 aromatic heterocycles. The van der Waals surface area contributed by atoms with Crippen LogP contribution in [0.2, 0.25) is 0 Å². The van der Waals surface area contributed by atoms with E-state index >= 15 is 0 Å². The van der Waals surface area contributed by atoms with Gasteiger partial charge in [0.2, 0.25) is 5.91 Å². The Morgan fingerprint density at radius 3 is 2.54 bits per heavy atom. The number of hydrogen-bond donors (Lipinski definition) is 0. The minimum atomic E-state index is -0.229. The minimum Gasteiger partial charge on any atom is -0.353 e. The standard InChI is InChI=1S/C22H29FN4O/c1-4-7-21(28)26-10-12-27(13-11-26)22-19(20(5-2)24-16(3)25-22)15-17-8-6-9-18(23)14-17/h6,8-9,14H,4-5,7,10-13,15H2,1-3H3. The van der Waals surface area contributed by atoms with Crippen LogP contribution in [-0.4, -0.2) is 47.0 Å². The number of carbonyl (C=O) groups excluding carboxylic acids is 1. The smallest absolute Gasteiger partial charge is 0.222 e. The molecule has 2 heterocycles. The van der Waals surface area contributed by atoms with Gasteiger partial charge in [-0.3, -0.25) is 4.79 Å². The Bertz CT molecular complexity index is 831. The Kier molecular flexibility index (Phi) is 6.60. The lowest BCUT2D eigenvalue weighted by Crippen LogP contribution is -2.49. The van der Waals surface area contributed by atoms with Crippen molar-refractivity contribution in [3.05, 3.63) is 52.7 Å². The van der Waals surface area contributed by atoms with Crippen molar-refractivity contribution in [2.24, 2.45) is 0 Å². The lowest BCUT2D eigenvalue weighted by molar-refractivity contribution is -0.131. The summed E-state index contributed by atoms with van der Waals surface area (Å²) in [4.78, 5) is 25.8. The number of aromatic nitrogens is 2. The molecule has 1 aromatic carbocycles. The van der Waals surface area contributed by atoms with Crippen molar-refractivity contribution in [1.82, 2.24) is 14.9 Å². The van der Waals surface area contributed by atoms with Crippen molar-refractivity contribution < 1.29 is 9.18 Å². The predicted molar refractivity (Wildman–Crippen MR) is 109 cm³/mol. The molecule has 0 saturated carbocycles. The number of anilines is 1. The van der Waals surface area contributed by atoms with Crippen molar-refractivity contribution in [1.29, 1.82) is 0 Å². The highest BCUT2D eigenvalue weighted by Crippen LogP contribution is 2.26. The van der Waals surface area contributed by atoms with Gasteiger partial charge in [0.05, 0.1) is 0 Å². The SMILES string of the molecule is CCCC(=O)N1CCN(c2nc(C)nc(CC)c2Cc2cccc(F)c2)CC1. The van der Waals surface area contributed by atoms with Crippen LogP contribution >= 0.6 is 0 Å². The van der Waals surface area contributed by atoms with Crippen molar-refractivity contribution in [3.63, 3.8) is 0 Å². The first-order chi connectivity index (χ1) is 13.5. The van der Waals surface area contributed by atoms with E-state index in [0.717, 1.165) is 54.4 Å². The van der Waals surface area contributed by atoms with Crippen LogP contribution in [-0.2, 0) is 17.6 Å². The molecule has 0 atom stereocenters. The lowest BCUT2D eigenvalue weighted by atomic mass is 10.0. The summed E-state index contributed by atoms with van der Waals surface area (Å²) in [5, 5.41) is 0. The van der Waals surface area contributed by atoms with Gasteiger partial charge in [-0.25, -0.2) is 14.4 Å². The number of benzene rings is 1. The van der Waals surface area contributed by atoms with Gasteiger partial charge in [0.1, 0.15) is 17.5 Å². The summed E-state index contributed by atoms with van der Waals surface area (Å²) in [6.07, 6.45) is 2.89. The Morgan fingerprint density at radius 1 is 1.14 bits per heavy atom. The van der Waals surface area contributed by atoms with Crippen LogP contribution in [0.25, 0.3) is 0 Å². The summed E-state index contributed by atoms with van der Waals surface area (Å²) >= 11 is 0. The maximum Gasteiger partial charge on any atom is 0.222 e. The second-order valence-corrected chi connectivity index (χ2v) is 7.30. The van der Waals surface area contributed by atoms with Crippen LogP contribution in [0.15, 0.2) is 24.3 Å². The third-order valence-electron chi connectivity index (χ3n) is 5.18. The van der Waals surface area contributed by atoms with E-state index in [1.54, 1.807) is 12.1 Å². The molecule has 1 amide bonds. The number of hydrogen-bond acceptors (Lipinski definition) is 4. The molecule has 150 valence electrons. The summed E-state index contributed by atoms with van der Waals surface area (Å²) in [6.45, 7) is 8.96. The van der Waals surface area contributed by atoms with E-state index in [2.05, 4.69) is 16.8 Å². The lowest BCUT2D eigenvalue weighted by Gasteiger charge is -2.36. The van der Waals surface area contributed by atoms with Crippen molar-refractivity contribution in [2.45, 2.75) is 46.5 Å². The van der Waals surface area contributed by atoms with Gasteiger partial charge < -0.3 is 9.80 Å². The van der Waals surface area contributed by atoms with Crippen molar-refractivity contribution >= 4 is 11.7 Å². The summed E-state index contributed by atoms with van der Waals surface area (Å²) in [5.41, 5.74) is 2.99. The molecule has 0 N–H and O–H groups in total. The Labute approximate surface area is 166 Å². The van der Waals surface area contributed by atoms with Gasteiger partial charge in [0.15, 0.2) is 0 Å². The zero-order chi connectivity index (χ0) is 20.1. The topological polar surface area (TPSA) is 49.3 Å². The van der Waals surface area contributed by atoms with Gasteiger partial charge in [-0.05, 0) is 37.5 Å². The average molecular weight is 384 g/mol. The third-order valence-corrected chi connectivity index (χ3v) is 5.18. The molecule has 0 radical (unpaired) electrons. The van der Waals surface area contributed by atoms with Gasteiger partial charge in [-0.2, -0.15) is 0 Å². The van der Waals surface area contributed by atoms with E-state index < -0.39 is 0 Å². The molecule has 1 aliphatic heterocycles. The largest absolute Gasteiger partial charge is 0.353 e. The zero-order valence-electron chi connectivity index (χ0n) is 17.0. The average Bonchev–Trinajstić information content (AvgIpc) is 2.69. The molecular formula is C22H29FN4O. The molecule has 2 aromatic rings. The maximum atomic E-state index is 13.7. The quantitative estimate of drug-likeness (QED) is 0.765. The van der Waals surface area contributed by atoms with Gasteiger partial charge in [0.25, 0.3) is 0 Å². The first-order valence-electron chi connectivity index (χ1n) is 10.1. The highest BCUT2D eigenvalue weighted by molar-refractivity contribution is 5.76. The van der Waals surface area contributed by atoms with Crippen LogP contribution in [0.4, 0.5) is 10.2 Å². The molecule has 5 nitrogen and oxygen atoms in total.